The first-order valence-corrected chi connectivity index (χ1v) is 10.5. The molecule has 0 saturated carbocycles. The van der Waals surface area contributed by atoms with Crippen molar-refractivity contribution >= 4 is 47.3 Å². The van der Waals surface area contributed by atoms with Gasteiger partial charge in [0, 0.05) is 22.2 Å². The number of halogens is 2. The van der Waals surface area contributed by atoms with Gasteiger partial charge in [0.2, 0.25) is 0 Å². The molecule has 0 fully saturated rings. The fraction of sp³-hybridized carbons (Fsp3) is 0.0769. The molecule has 0 heterocycles. The summed E-state index contributed by atoms with van der Waals surface area (Å²) in [6.45, 7) is 0.263. The minimum atomic E-state index is -0.465. The Morgan fingerprint density at radius 3 is 1.38 bits per heavy atom. The van der Waals surface area contributed by atoms with Gasteiger partial charge in [0.05, 0.1) is 0 Å². The second-order valence-corrected chi connectivity index (χ2v) is 7.56. The molecule has 0 spiro atoms. The van der Waals surface area contributed by atoms with E-state index in [9.17, 15) is 9.59 Å². The number of rotatable bonds is 8. The van der Waals surface area contributed by atoms with Crippen molar-refractivity contribution in [3.8, 4) is 0 Å². The lowest BCUT2D eigenvalue weighted by Gasteiger charge is -2.05. The maximum atomic E-state index is 11.9. The van der Waals surface area contributed by atoms with Crippen LogP contribution in [0.4, 0.5) is 0 Å². The van der Waals surface area contributed by atoms with Gasteiger partial charge >= 0.3 is 11.9 Å². The zero-order valence-electron chi connectivity index (χ0n) is 17.0. The number of benzene rings is 3. The van der Waals surface area contributed by atoms with Crippen molar-refractivity contribution in [3.05, 3.63) is 117 Å². The van der Waals surface area contributed by atoms with E-state index in [0.717, 1.165) is 22.3 Å². The average molecular weight is 467 g/mol. The molecule has 0 unspecified atom stereocenters. The van der Waals surface area contributed by atoms with Gasteiger partial charge in [0.1, 0.15) is 13.2 Å². The second-order valence-electron chi connectivity index (χ2n) is 6.74. The van der Waals surface area contributed by atoms with Gasteiger partial charge in [-0.05, 0) is 46.5 Å². The summed E-state index contributed by atoms with van der Waals surface area (Å²) in [5, 5.41) is 1.12. The molecule has 32 heavy (non-hydrogen) atoms. The number of esters is 2. The molecule has 6 heteroatoms. The van der Waals surface area contributed by atoms with Crippen LogP contribution in [-0.4, -0.2) is 11.9 Å². The first-order valence-electron chi connectivity index (χ1n) is 9.78. The van der Waals surface area contributed by atoms with Crippen molar-refractivity contribution < 1.29 is 19.1 Å². The number of ether oxygens (including phenoxy) is 2. The topological polar surface area (TPSA) is 52.6 Å². The Balaban J connectivity index is 1.43. The molecule has 0 amide bonds. The van der Waals surface area contributed by atoms with Crippen molar-refractivity contribution in [3.63, 3.8) is 0 Å². The highest BCUT2D eigenvalue weighted by Gasteiger charge is 2.03. The Kier molecular flexibility index (Phi) is 8.67. The number of carbonyl (C=O) groups excluding carboxylic acids is 2. The third kappa shape index (κ3) is 7.41. The molecule has 3 aromatic rings. The summed E-state index contributed by atoms with van der Waals surface area (Å²) in [5.41, 5.74) is 3.12. The van der Waals surface area contributed by atoms with Crippen LogP contribution in [0.5, 0.6) is 0 Å². The van der Waals surface area contributed by atoms with Crippen LogP contribution in [0, 0.1) is 0 Å². The van der Waals surface area contributed by atoms with E-state index >= 15 is 0 Å². The van der Waals surface area contributed by atoms with Crippen molar-refractivity contribution in [2.45, 2.75) is 13.2 Å². The van der Waals surface area contributed by atoms with Crippen LogP contribution in [0.15, 0.2) is 84.9 Å². The van der Waals surface area contributed by atoms with Crippen LogP contribution in [0.3, 0.4) is 0 Å². The maximum absolute atomic E-state index is 11.9. The number of hydrogen-bond acceptors (Lipinski definition) is 4. The highest BCUT2D eigenvalue weighted by molar-refractivity contribution is 6.32. The smallest absolute Gasteiger partial charge is 0.331 e. The Hall–Kier alpha value is -3.34. The van der Waals surface area contributed by atoms with Crippen molar-refractivity contribution in [2.75, 3.05) is 0 Å². The van der Waals surface area contributed by atoms with Gasteiger partial charge in [-0.2, -0.15) is 0 Å². The van der Waals surface area contributed by atoms with Gasteiger partial charge in [-0.1, -0.05) is 83.9 Å². The molecule has 0 aliphatic heterocycles. The first kappa shape index (κ1) is 23.3. The van der Waals surface area contributed by atoms with Crippen LogP contribution in [0.1, 0.15) is 22.3 Å². The van der Waals surface area contributed by atoms with Gasteiger partial charge in [-0.25, -0.2) is 9.59 Å². The molecule has 0 aliphatic carbocycles. The minimum Gasteiger partial charge on any atom is -0.458 e. The quantitative estimate of drug-likeness (QED) is 0.280. The summed E-state index contributed by atoms with van der Waals surface area (Å²) in [4.78, 5) is 23.8. The van der Waals surface area contributed by atoms with E-state index in [1.165, 1.54) is 12.2 Å². The van der Waals surface area contributed by atoms with Gasteiger partial charge < -0.3 is 9.47 Å². The minimum absolute atomic E-state index is 0.131. The summed E-state index contributed by atoms with van der Waals surface area (Å²) < 4.78 is 10.5. The largest absolute Gasteiger partial charge is 0.458 e. The van der Waals surface area contributed by atoms with E-state index in [0.29, 0.717) is 10.0 Å². The monoisotopic (exact) mass is 466 g/mol. The fourth-order valence-corrected chi connectivity index (χ4v) is 3.07. The number of hydrogen-bond donors (Lipinski definition) is 0. The summed E-state index contributed by atoms with van der Waals surface area (Å²) in [6.07, 6.45) is 5.90. The molecule has 0 atom stereocenters. The van der Waals surface area contributed by atoms with E-state index in [1.807, 2.05) is 60.7 Å². The Labute approximate surface area is 196 Å². The predicted molar refractivity (Wildman–Crippen MR) is 127 cm³/mol. The Bertz CT molecular complexity index is 1040. The van der Waals surface area contributed by atoms with Crippen molar-refractivity contribution in [1.29, 1.82) is 0 Å². The Morgan fingerprint density at radius 2 is 1.00 bits per heavy atom. The number of carbonyl (C=O) groups is 2. The Morgan fingerprint density at radius 1 is 0.625 bits per heavy atom. The third-order valence-corrected chi connectivity index (χ3v) is 5.08. The van der Waals surface area contributed by atoms with Crippen LogP contribution in [0.2, 0.25) is 10.0 Å². The molecule has 162 valence electrons. The first-order chi connectivity index (χ1) is 15.5. The highest BCUT2D eigenvalue weighted by atomic mass is 35.5. The highest BCUT2D eigenvalue weighted by Crippen LogP contribution is 2.17. The van der Waals surface area contributed by atoms with Crippen LogP contribution >= 0.6 is 23.2 Å². The molecule has 3 rings (SSSR count). The molecular formula is C26H20Cl2O4. The molecule has 0 N–H and O–H groups in total. The fourth-order valence-electron chi connectivity index (χ4n) is 2.67. The van der Waals surface area contributed by atoms with Crippen molar-refractivity contribution in [1.82, 2.24) is 0 Å². The molecule has 0 aliphatic rings. The zero-order valence-corrected chi connectivity index (χ0v) is 18.6. The summed E-state index contributed by atoms with van der Waals surface area (Å²) >= 11 is 12.1. The predicted octanol–water partition coefficient (Wildman–Crippen LogP) is 6.51. The van der Waals surface area contributed by atoms with Crippen LogP contribution in [-0.2, 0) is 32.3 Å². The normalized spacial score (nSPS) is 11.1. The van der Waals surface area contributed by atoms with E-state index in [-0.39, 0.29) is 13.2 Å². The molecule has 0 radical (unpaired) electrons. The summed E-state index contributed by atoms with van der Waals surface area (Å²) in [7, 11) is 0. The van der Waals surface area contributed by atoms with Gasteiger partial charge in [-0.15, -0.1) is 0 Å². The summed E-state index contributed by atoms with van der Waals surface area (Å²) in [6, 6.07) is 21.7. The summed E-state index contributed by atoms with van der Waals surface area (Å²) in [5.74, 6) is -0.929. The average Bonchev–Trinajstić information content (AvgIpc) is 2.81. The second kappa shape index (κ2) is 11.9. The van der Waals surface area contributed by atoms with Crippen LogP contribution < -0.4 is 0 Å². The van der Waals surface area contributed by atoms with Gasteiger partial charge in [-0.3, -0.25) is 0 Å². The van der Waals surface area contributed by atoms with E-state index < -0.39 is 11.9 Å². The molecule has 4 nitrogen and oxygen atoms in total. The molecule has 0 saturated heterocycles. The lowest BCUT2D eigenvalue weighted by molar-refractivity contribution is -0.139. The molecular weight excluding hydrogens is 447 g/mol. The van der Waals surface area contributed by atoms with Crippen molar-refractivity contribution in [2.24, 2.45) is 0 Å². The van der Waals surface area contributed by atoms with Crippen LogP contribution in [0.25, 0.3) is 12.2 Å². The molecule has 0 bridgehead atoms. The lowest BCUT2D eigenvalue weighted by Crippen LogP contribution is -2.02. The molecule has 0 aromatic heterocycles. The standard InChI is InChI=1S/C26H20Cl2O4/c27-23-7-3-1-5-21(23)13-15-25(29)31-17-19-9-11-20(12-10-19)18-32-26(30)16-14-22-6-2-4-8-24(22)28/h1-16H,17-18H2. The zero-order chi connectivity index (χ0) is 22.8. The van der Waals surface area contributed by atoms with Gasteiger partial charge in [0.15, 0.2) is 0 Å². The third-order valence-electron chi connectivity index (χ3n) is 4.39. The van der Waals surface area contributed by atoms with E-state index in [2.05, 4.69) is 0 Å². The lowest BCUT2D eigenvalue weighted by atomic mass is 10.1. The maximum Gasteiger partial charge on any atom is 0.331 e. The van der Waals surface area contributed by atoms with Gasteiger partial charge in [0.25, 0.3) is 0 Å². The SMILES string of the molecule is O=C(C=Cc1ccccc1Cl)OCc1ccc(COC(=O)C=Cc2ccccc2Cl)cc1. The van der Waals surface area contributed by atoms with E-state index in [1.54, 1.807) is 24.3 Å². The molecule has 3 aromatic carbocycles. The van der Waals surface area contributed by atoms with E-state index in [4.69, 9.17) is 32.7 Å².